The van der Waals surface area contributed by atoms with E-state index in [0.29, 0.717) is 5.56 Å². The number of amides is 1. The molecule has 0 radical (unpaired) electrons. The molecule has 0 saturated carbocycles. The molecule has 1 heterocycles. The Bertz CT molecular complexity index is 1250. The number of benzene rings is 4. The van der Waals surface area contributed by atoms with Crippen LogP contribution in [-0.2, 0) is 4.79 Å². The van der Waals surface area contributed by atoms with Gasteiger partial charge in [-0.1, -0.05) is 54.6 Å². The summed E-state index contributed by atoms with van der Waals surface area (Å²) in [7, 11) is 1.62. The molecule has 1 aliphatic heterocycles. The first-order valence-corrected chi connectivity index (χ1v) is 10.1. The number of ether oxygens (including phenoxy) is 1. The summed E-state index contributed by atoms with van der Waals surface area (Å²) < 4.78 is 5.26. The molecule has 0 aliphatic carbocycles. The number of nitrogens with zero attached hydrogens (tertiary/aromatic N) is 1. The predicted octanol–water partition coefficient (Wildman–Crippen LogP) is 5.88. The molecular formula is C27H21NO3. The minimum Gasteiger partial charge on any atom is -0.507 e. The fraction of sp³-hybridized carbons (Fsp3) is 0.0741. The predicted molar refractivity (Wildman–Crippen MR) is 122 cm³/mol. The molecule has 1 N–H and O–H groups in total. The van der Waals surface area contributed by atoms with Crippen LogP contribution in [0.1, 0.15) is 17.0 Å². The number of rotatable bonds is 4. The summed E-state index contributed by atoms with van der Waals surface area (Å²) in [6.07, 6.45) is 0. The lowest BCUT2D eigenvalue weighted by atomic mass is 9.90. The van der Waals surface area contributed by atoms with Gasteiger partial charge in [0.15, 0.2) is 0 Å². The fourth-order valence-corrected chi connectivity index (χ4v) is 4.22. The van der Waals surface area contributed by atoms with Gasteiger partial charge in [-0.05, 0) is 59.2 Å². The van der Waals surface area contributed by atoms with Crippen molar-refractivity contribution in [1.29, 1.82) is 0 Å². The zero-order valence-electron chi connectivity index (χ0n) is 17.0. The minimum absolute atomic E-state index is 0.0175. The zero-order valence-corrected chi connectivity index (χ0v) is 17.0. The molecule has 1 aliphatic rings. The molecule has 0 fully saturated rings. The summed E-state index contributed by atoms with van der Waals surface area (Å²) in [5, 5.41) is 10.5. The summed E-state index contributed by atoms with van der Waals surface area (Å²) in [4.78, 5) is 15.4. The van der Waals surface area contributed by atoms with Crippen molar-refractivity contribution in [2.24, 2.45) is 0 Å². The molecule has 5 rings (SSSR count). The lowest BCUT2D eigenvalue weighted by Gasteiger charge is -2.19. The van der Waals surface area contributed by atoms with Crippen LogP contribution in [0.15, 0.2) is 97.1 Å². The van der Waals surface area contributed by atoms with E-state index in [0.717, 1.165) is 33.8 Å². The van der Waals surface area contributed by atoms with Crippen LogP contribution in [0.4, 0.5) is 11.4 Å². The number of aromatic hydroxyl groups is 1. The third kappa shape index (κ3) is 3.22. The Morgan fingerprint density at radius 2 is 1.55 bits per heavy atom. The number of carbonyl (C=O) groups is 1. The average molecular weight is 407 g/mol. The zero-order chi connectivity index (χ0) is 21.4. The summed E-state index contributed by atoms with van der Waals surface area (Å²) in [5.74, 6) is 0.476. The lowest BCUT2D eigenvalue weighted by molar-refractivity contribution is -0.117. The van der Waals surface area contributed by atoms with Crippen molar-refractivity contribution in [3.8, 4) is 22.6 Å². The van der Waals surface area contributed by atoms with Crippen LogP contribution in [0.3, 0.4) is 0 Å². The molecule has 31 heavy (non-hydrogen) atoms. The number of carbonyl (C=O) groups excluding carboxylic acids is 1. The van der Waals surface area contributed by atoms with Gasteiger partial charge in [0, 0.05) is 11.3 Å². The van der Waals surface area contributed by atoms with Gasteiger partial charge in [-0.15, -0.1) is 0 Å². The second kappa shape index (κ2) is 7.65. The van der Waals surface area contributed by atoms with Gasteiger partial charge < -0.3 is 9.84 Å². The quantitative estimate of drug-likeness (QED) is 0.460. The highest BCUT2D eigenvalue weighted by Crippen LogP contribution is 2.46. The Labute approximate surface area is 181 Å². The van der Waals surface area contributed by atoms with E-state index in [9.17, 15) is 9.90 Å². The molecule has 0 saturated heterocycles. The third-order valence-corrected chi connectivity index (χ3v) is 5.73. The second-order valence-corrected chi connectivity index (χ2v) is 7.51. The van der Waals surface area contributed by atoms with Crippen molar-refractivity contribution < 1.29 is 14.6 Å². The third-order valence-electron chi connectivity index (χ3n) is 5.73. The molecule has 4 nitrogen and oxygen atoms in total. The van der Waals surface area contributed by atoms with E-state index >= 15 is 0 Å². The van der Waals surface area contributed by atoms with Gasteiger partial charge >= 0.3 is 0 Å². The molecule has 4 heteroatoms. The first kappa shape index (κ1) is 18.9. The Balaban J connectivity index is 1.61. The molecule has 0 spiro atoms. The van der Waals surface area contributed by atoms with Crippen molar-refractivity contribution >= 4 is 17.3 Å². The van der Waals surface area contributed by atoms with E-state index in [1.54, 1.807) is 18.1 Å². The molecular weight excluding hydrogens is 386 g/mol. The fourth-order valence-electron chi connectivity index (χ4n) is 4.22. The first-order chi connectivity index (χ1) is 15.2. The van der Waals surface area contributed by atoms with Gasteiger partial charge in [0.1, 0.15) is 11.5 Å². The first-order valence-electron chi connectivity index (χ1n) is 10.1. The standard InChI is InChI=1S/C27H21NO3/c1-31-21-14-12-20(13-15-21)28-24-10-6-5-9-22(24)26(27(28)30)19-11-16-25(29)23(17-19)18-7-3-2-4-8-18/h2-17,26,29H,1H3. The maximum absolute atomic E-state index is 13.7. The van der Waals surface area contributed by atoms with Crippen LogP contribution in [0.5, 0.6) is 11.5 Å². The van der Waals surface area contributed by atoms with Crippen molar-refractivity contribution in [1.82, 2.24) is 0 Å². The van der Waals surface area contributed by atoms with E-state index < -0.39 is 5.92 Å². The maximum Gasteiger partial charge on any atom is 0.243 e. The Morgan fingerprint density at radius 1 is 0.839 bits per heavy atom. The summed E-state index contributed by atoms with van der Waals surface area (Å²) in [5.41, 5.74) is 5.09. The van der Waals surface area contributed by atoms with Crippen molar-refractivity contribution in [3.05, 3.63) is 108 Å². The number of fused-ring (bicyclic) bond motifs is 1. The van der Waals surface area contributed by atoms with Crippen LogP contribution in [-0.4, -0.2) is 18.1 Å². The number of phenols is 1. The van der Waals surface area contributed by atoms with E-state index in [-0.39, 0.29) is 11.7 Å². The Hall–Kier alpha value is -4.05. The van der Waals surface area contributed by atoms with Crippen LogP contribution in [0.2, 0.25) is 0 Å². The average Bonchev–Trinajstić information content (AvgIpc) is 3.12. The molecule has 152 valence electrons. The van der Waals surface area contributed by atoms with Crippen molar-refractivity contribution in [3.63, 3.8) is 0 Å². The van der Waals surface area contributed by atoms with Crippen LogP contribution in [0, 0.1) is 0 Å². The molecule has 4 aromatic rings. The molecule has 0 bridgehead atoms. The van der Waals surface area contributed by atoms with Crippen LogP contribution in [0.25, 0.3) is 11.1 Å². The highest BCUT2D eigenvalue weighted by atomic mass is 16.5. The highest BCUT2D eigenvalue weighted by Gasteiger charge is 2.39. The minimum atomic E-state index is -0.443. The van der Waals surface area contributed by atoms with Gasteiger partial charge in [-0.2, -0.15) is 0 Å². The van der Waals surface area contributed by atoms with Gasteiger partial charge in [0.2, 0.25) is 5.91 Å². The number of hydrogen-bond acceptors (Lipinski definition) is 3. The number of hydrogen-bond donors (Lipinski definition) is 1. The largest absolute Gasteiger partial charge is 0.507 e. The molecule has 4 aromatic carbocycles. The van der Waals surface area contributed by atoms with Crippen molar-refractivity contribution in [2.45, 2.75) is 5.92 Å². The van der Waals surface area contributed by atoms with E-state index in [1.807, 2.05) is 91.0 Å². The highest BCUT2D eigenvalue weighted by molar-refractivity contribution is 6.12. The Kier molecular flexibility index (Phi) is 4.68. The monoisotopic (exact) mass is 407 g/mol. The SMILES string of the molecule is COc1ccc(N2C(=O)C(c3ccc(O)c(-c4ccccc4)c3)c3ccccc32)cc1. The maximum atomic E-state index is 13.7. The Morgan fingerprint density at radius 3 is 2.29 bits per heavy atom. The summed E-state index contributed by atoms with van der Waals surface area (Å²) in [6.45, 7) is 0. The number of methoxy groups -OCH3 is 1. The number of phenolic OH excluding ortho intramolecular Hbond substituents is 1. The topological polar surface area (TPSA) is 49.8 Å². The number of anilines is 2. The molecule has 1 amide bonds. The van der Waals surface area contributed by atoms with Gasteiger partial charge in [0.05, 0.1) is 18.7 Å². The smallest absolute Gasteiger partial charge is 0.243 e. The van der Waals surface area contributed by atoms with Gasteiger partial charge in [0.25, 0.3) is 0 Å². The van der Waals surface area contributed by atoms with E-state index in [2.05, 4.69) is 0 Å². The van der Waals surface area contributed by atoms with Crippen molar-refractivity contribution in [2.75, 3.05) is 12.0 Å². The normalized spacial score (nSPS) is 15.1. The molecule has 1 atom stereocenters. The molecule has 0 aromatic heterocycles. The summed E-state index contributed by atoms with van der Waals surface area (Å²) >= 11 is 0. The molecule has 1 unspecified atom stereocenters. The van der Waals surface area contributed by atoms with Crippen LogP contribution >= 0.6 is 0 Å². The number of para-hydroxylation sites is 1. The van der Waals surface area contributed by atoms with Crippen LogP contribution < -0.4 is 9.64 Å². The second-order valence-electron chi connectivity index (χ2n) is 7.51. The van der Waals surface area contributed by atoms with Gasteiger partial charge in [-0.25, -0.2) is 0 Å². The van der Waals surface area contributed by atoms with E-state index in [1.165, 1.54) is 0 Å². The summed E-state index contributed by atoms with van der Waals surface area (Å²) in [6, 6.07) is 30.5. The van der Waals surface area contributed by atoms with Gasteiger partial charge in [-0.3, -0.25) is 9.69 Å². The van der Waals surface area contributed by atoms with E-state index in [4.69, 9.17) is 4.74 Å². The lowest BCUT2D eigenvalue weighted by Crippen LogP contribution is -2.24.